The van der Waals surface area contributed by atoms with Crippen molar-refractivity contribution in [2.24, 2.45) is 0 Å². The molecule has 1 aliphatic carbocycles. The number of nitrogens with zero attached hydrogens (tertiary/aromatic N) is 4. The van der Waals surface area contributed by atoms with E-state index in [-0.39, 0.29) is 17.0 Å². The maximum absolute atomic E-state index is 13.7. The molecule has 0 radical (unpaired) electrons. The summed E-state index contributed by atoms with van der Waals surface area (Å²) in [6.45, 7) is 3.83. The summed E-state index contributed by atoms with van der Waals surface area (Å²) in [7, 11) is -3.73. The summed E-state index contributed by atoms with van der Waals surface area (Å²) >= 11 is 0. The van der Waals surface area contributed by atoms with Crippen LogP contribution in [0.25, 0.3) is 0 Å². The van der Waals surface area contributed by atoms with Crippen molar-refractivity contribution in [1.82, 2.24) is 19.2 Å². The highest BCUT2D eigenvalue weighted by Crippen LogP contribution is 2.38. The number of hydrogen-bond donors (Lipinski definition) is 0. The van der Waals surface area contributed by atoms with Gasteiger partial charge in [-0.2, -0.15) is 4.31 Å². The number of fused-ring (bicyclic) bond motifs is 1. The smallest absolute Gasteiger partial charge is 0.243 e. The van der Waals surface area contributed by atoms with Crippen LogP contribution in [-0.4, -0.2) is 65.9 Å². The molecule has 1 saturated carbocycles. The van der Waals surface area contributed by atoms with Gasteiger partial charge < -0.3 is 4.74 Å². The summed E-state index contributed by atoms with van der Waals surface area (Å²) in [5.41, 5.74) is 1.58. The van der Waals surface area contributed by atoms with Crippen molar-refractivity contribution in [1.29, 1.82) is 0 Å². The van der Waals surface area contributed by atoms with Crippen LogP contribution in [0.15, 0.2) is 35.5 Å². The highest BCUT2D eigenvalue weighted by molar-refractivity contribution is 7.89. The first-order valence-corrected chi connectivity index (χ1v) is 11.8. The van der Waals surface area contributed by atoms with Crippen LogP contribution in [0.1, 0.15) is 36.4 Å². The molecule has 3 fully saturated rings. The van der Waals surface area contributed by atoms with Gasteiger partial charge in [-0.3, -0.25) is 9.88 Å². The predicted molar refractivity (Wildman–Crippen MR) is 108 cm³/mol. The second-order valence-corrected chi connectivity index (χ2v) is 10.4. The van der Waals surface area contributed by atoms with Gasteiger partial charge >= 0.3 is 0 Å². The molecule has 0 amide bonds. The number of hydrogen-bond acceptors (Lipinski definition) is 6. The van der Waals surface area contributed by atoms with E-state index in [1.165, 1.54) is 29.3 Å². The lowest BCUT2D eigenvalue weighted by molar-refractivity contribution is 0.151. The van der Waals surface area contributed by atoms with Crippen molar-refractivity contribution in [3.05, 3.63) is 47.7 Å². The van der Waals surface area contributed by atoms with Crippen LogP contribution in [0.5, 0.6) is 5.88 Å². The Bertz CT molecular complexity index is 1040. The maximum atomic E-state index is 13.7. The summed E-state index contributed by atoms with van der Waals surface area (Å²) in [5, 5.41) is 0. The van der Waals surface area contributed by atoms with Crippen molar-refractivity contribution >= 4 is 10.0 Å². The zero-order valence-corrected chi connectivity index (χ0v) is 17.7. The van der Waals surface area contributed by atoms with Gasteiger partial charge in [0.25, 0.3) is 0 Å². The molecule has 7 nitrogen and oxygen atoms in total. The van der Waals surface area contributed by atoms with Gasteiger partial charge in [-0.05, 0) is 37.5 Å². The number of sulfonamides is 1. The minimum absolute atomic E-state index is 0.0466. The quantitative estimate of drug-likeness (QED) is 0.722. The molecule has 1 aromatic carbocycles. The van der Waals surface area contributed by atoms with Gasteiger partial charge in [-0.15, -0.1) is 0 Å². The molecule has 3 heterocycles. The third kappa shape index (κ3) is 3.81. The molecule has 9 heteroatoms. The van der Waals surface area contributed by atoms with Crippen molar-refractivity contribution < 1.29 is 17.5 Å². The number of ether oxygens (including phenoxy) is 1. The van der Waals surface area contributed by atoms with Crippen molar-refractivity contribution in [2.75, 3.05) is 26.2 Å². The van der Waals surface area contributed by atoms with Crippen LogP contribution in [0.4, 0.5) is 4.39 Å². The zero-order chi connectivity index (χ0) is 20.9. The molecule has 1 aromatic heterocycles. The van der Waals surface area contributed by atoms with Crippen LogP contribution in [0.2, 0.25) is 0 Å². The van der Waals surface area contributed by atoms with E-state index < -0.39 is 15.8 Å². The van der Waals surface area contributed by atoms with E-state index >= 15 is 0 Å². The highest BCUT2D eigenvalue weighted by Gasteiger charge is 2.41. The van der Waals surface area contributed by atoms with Crippen molar-refractivity contribution in [3.63, 3.8) is 0 Å². The third-order valence-corrected chi connectivity index (χ3v) is 8.25. The highest BCUT2D eigenvalue weighted by atomic mass is 32.2. The van der Waals surface area contributed by atoms with E-state index in [1.54, 1.807) is 19.3 Å². The molecular weight excluding hydrogens is 407 g/mol. The molecule has 0 unspecified atom stereocenters. The summed E-state index contributed by atoms with van der Waals surface area (Å²) in [6.07, 6.45) is 6.53. The summed E-state index contributed by atoms with van der Waals surface area (Å²) < 4.78 is 47.4. The summed E-state index contributed by atoms with van der Waals surface area (Å²) in [5.74, 6) is 0.534. The topological polar surface area (TPSA) is 75.6 Å². The zero-order valence-electron chi connectivity index (χ0n) is 16.9. The molecule has 2 saturated heterocycles. The van der Waals surface area contributed by atoms with Gasteiger partial charge in [0, 0.05) is 44.6 Å². The number of rotatable bonds is 5. The fourth-order valence-corrected chi connectivity index (χ4v) is 6.12. The van der Waals surface area contributed by atoms with E-state index in [4.69, 9.17) is 4.74 Å². The number of halogens is 1. The average Bonchev–Trinajstić information content (AvgIpc) is 3.50. The first-order chi connectivity index (χ1) is 14.4. The first-order valence-electron chi connectivity index (χ1n) is 10.4. The van der Waals surface area contributed by atoms with E-state index in [0.29, 0.717) is 37.0 Å². The fraction of sp³-hybridized carbons (Fsp3) is 0.524. The lowest BCUT2D eigenvalue weighted by Gasteiger charge is -2.36. The first kappa shape index (κ1) is 19.8. The van der Waals surface area contributed by atoms with E-state index in [9.17, 15) is 12.8 Å². The standard InChI is InChI=1S/C21H25FN4O3S/c1-14-2-5-16(22)8-20(14)30(27,28)26-7-6-25-13-18(9-17(25)12-26)29-21-11-23-19(10-24-21)15-3-4-15/h2,5,8,10-11,15,17-18H,3-4,6-7,9,12-13H2,1H3/t17-,18+/m0/s1. The van der Waals surface area contributed by atoms with Crippen LogP contribution in [0.3, 0.4) is 0 Å². The molecule has 2 aliphatic heterocycles. The van der Waals surface area contributed by atoms with Crippen LogP contribution >= 0.6 is 0 Å². The molecule has 2 aromatic rings. The fourth-order valence-electron chi connectivity index (χ4n) is 4.41. The molecule has 160 valence electrons. The minimum atomic E-state index is -3.73. The molecule has 30 heavy (non-hydrogen) atoms. The van der Waals surface area contributed by atoms with Crippen LogP contribution < -0.4 is 4.74 Å². The minimum Gasteiger partial charge on any atom is -0.472 e. The Balaban J connectivity index is 1.25. The number of benzene rings is 1. The molecule has 3 aliphatic rings. The normalized spacial score (nSPS) is 25.3. The van der Waals surface area contributed by atoms with Crippen molar-refractivity contribution in [2.45, 2.75) is 49.1 Å². The number of aromatic nitrogens is 2. The lowest BCUT2D eigenvalue weighted by atomic mass is 10.2. The van der Waals surface area contributed by atoms with Crippen molar-refractivity contribution in [3.8, 4) is 5.88 Å². The summed E-state index contributed by atoms with van der Waals surface area (Å²) in [4.78, 5) is 11.1. The SMILES string of the molecule is Cc1ccc(F)cc1S(=O)(=O)N1CCN2C[C@H](Oc3cnc(C4CC4)cn3)C[C@H]2C1. The van der Waals surface area contributed by atoms with E-state index in [2.05, 4.69) is 14.9 Å². The molecule has 0 N–H and O–H groups in total. The van der Waals surface area contributed by atoms with Crippen LogP contribution in [-0.2, 0) is 10.0 Å². The Kier molecular flexibility index (Phi) is 4.99. The van der Waals surface area contributed by atoms with Crippen LogP contribution in [0, 0.1) is 12.7 Å². The Morgan fingerprint density at radius 1 is 1.13 bits per heavy atom. The number of piperazine rings is 1. The molecule has 0 bridgehead atoms. The Hall–Kier alpha value is -2.10. The maximum Gasteiger partial charge on any atom is 0.243 e. The third-order valence-electron chi connectivity index (χ3n) is 6.24. The number of aryl methyl sites for hydroxylation is 1. The average molecular weight is 433 g/mol. The van der Waals surface area contributed by atoms with Gasteiger partial charge in [0.1, 0.15) is 11.9 Å². The Labute approximate surface area is 175 Å². The largest absolute Gasteiger partial charge is 0.472 e. The molecule has 2 atom stereocenters. The van der Waals surface area contributed by atoms with E-state index in [0.717, 1.165) is 24.7 Å². The monoisotopic (exact) mass is 432 g/mol. The molecule has 0 spiro atoms. The van der Waals surface area contributed by atoms with Gasteiger partial charge in [0.2, 0.25) is 15.9 Å². The predicted octanol–water partition coefficient (Wildman–Crippen LogP) is 2.33. The molecular formula is C21H25FN4O3S. The summed E-state index contributed by atoms with van der Waals surface area (Å²) in [6, 6.07) is 3.98. The van der Waals surface area contributed by atoms with Gasteiger partial charge in [-0.25, -0.2) is 17.8 Å². The Morgan fingerprint density at radius 2 is 1.97 bits per heavy atom. The Morgan fingerprint density at radius 3 is 2.70 bits per heavy atom. The second kappa shape index (κ2) is 7.55. The van der Waals surface area contributed by atoms with Gasteiger partial charge in [-0.1, -0.05) is 6.07 Å². The second-order valence-electron chi connectivity index (χ2n) is 8.45. The van der Waals surface area contributed by atoms with Gasteiger partial charge in [0.05, 0.1) is 23.0 Å². The van der Waals surface area contributed by atoms with E-state index in [1.807, 2.05) is 0 Å². The molecule has 5 rings (SSSR count). The lowest BCUT2D eigenvalue weighted by Crippen LogP contribution is -2.52. The van der Waals surface area contributed by atoms with Gasteiger partial charge in [0.15, 0.2) is 0 Å².